The molecule has 0 bridgehead atoms. The summed E-state index contributed by atoms with van der Waals surface area (Å²) >= 11 is 4.97. The molecular formula is C20H24BrN3O2S. The molecule has 3 rings (SSSR count). The Morgan fingerprint density at radius 3 is 2.44 bits per heavy atom. The number of thiophene rings is 1. The van der Waals surface area contributed by atoms with Crippen LogP contribution >= 0.6 is 27.3 Å². The summed E-state index contributed by atoms with van der Waals surface area (Å²) in [5, 5.41) is 2.90. The number of hydrogen-bond acceptors (Lipinski definition) is 4. The van der Waals surface area contributed by atoms with Crippen molar-refractivity contribution in [2.24, 2.45) is 0 Å². The summed E-state index contributed by atoms with van der Waals surface area (Å²) in [6.07, 6.45) is 0.942. The van der Waals surface area contributed by atoms with E-state index in [0.717, 1.165) is 45.8 Å². The lowest BCUT2D eigenvalue weighted by atomic mass is 10.2. The van der Waals surface area contributed by atoms with Gasteiger partial charge in [0.2, 0.25) is 5.91 Å². The highest BCUT2D eigenvalue weighted by Gasteiger charge is 2.24. The number of hydrogen-bond donors (Lipinski definition) is 1. The highest BCUT2D eigenvalue weighted by Crippen LogP contribution is 2.30. The van der Waals surface area contributed by atoms with E-state index in [1.54, 1.807) is 0 Å². The van der Waals surface area contributed by atoms with Gasteiger partial charge in [-0.3, -0.25) is 14.5 Å². The molecule has 5 nitrogen and oxygen atoms in total. The number of piperazine rings is 1. The topological polar surface area (TPSA) is 52.7 Å². The molecule has 1 aromatic carbocycles. The Kier molecular flexibility index (Phi) is 7.04. The minimum Gasteiger partial charge on any atom is -0.355 e. The normalized spacial score (nSPS) is 15.0. The molecule has 0 spiro atoms. The zero-order valence-corrected chi connectivity index (χ0v) is 17.8. The Morgan fingerprint density at radius 2 is 1.78 bits per heavy atom. The maximum atomic E-state index is 12.8. The summed E-state index contributed by atoms with van der Waals surface area (Å²) in [7, 11) is 0. The van der Waals surface area contributed by atoms with Crippen LogP contribution in [0.1, 0.15) is 23.0 Å². The van der Waals surface area contributed by atoms with Gasteiger partial charge in [0.25, 0.3) is 5.91 Å². The number of rotatable bonds is 6. The molecule has 1 saturated heterocycles. The zero-order valence-electron chi connectivity index (χ0n) is 15.4. The average molecular weight is 450 g/mol. The SMILES string of the molecule is CCCNC(=O)CN1CCN(C(=O)c2ccc(-c3ccc(Br)cc3)s2)CC1. The van der Waals surface area contributed by atoms with Crippen molar-refractivity contribution in [1.82, 2.24) is 15.1 Å². The molecule has 1 fully saturated rings. The van der Waals surface area contributed by atoms with E-state index in [9.17, 15) is 9.59 Å². The Labute approximate surface area is 172 Å². The van der Waals surface area contributed by atoms with E-state index < -0.39 is 0 Å². The smallest absolute Gasteiger partial charge is 0.264 e. The number of carbonyl (C=O) groups excluding carboxylic acids is 2. The molecule has 27 heavy (non-hydrogen) atoms. The summed E-state index contributed by atoms with van der Waals surface area (Å²) in [5.41, 5.74) is 1.12. The van der Waals surface area contributed by atoms with E-state index in [0.29, 0.717) is 19.6 Å². The van der Waals surface area contributed by atoms with Gasteiger partial charge in [-0.1, -0.05) is 35.0 Å². The quantitative estimate of drug-likeness (QED) is 0.734. The number of amides is 2. The molecule has 0 saturated carbocycles. The predicted octanol–water partition coefficient (Wildman–Crippen LogP) is 3.46. The molecule has 144 valence electrons. The number of carbonyl (C=O) groups is 2. The lowest BCUT2D eigenvalue weighted by molar-refractivity contribution is -0.122. The minimum absolute atomic E-state index is 0.0639. The average Bonchev–Trinajstić information content (AvgIpc) is 3.17. The van der Waals surface area contributed by atoms with Gasteiger partial charge in [-0.25, -0.2) is 0 Å². The van der Waals surface area contributed by atoms with Gasteiger partial charge in [0, 0.05) is 42.1 Å². The fourth-order valence-electron chi connectivity index (χ4n) is 3.01. The van der Waals surface area contributed by atoms with E-state index in [4.69, 9.17) is 0 Å². The van der Waals surface area contributed by atoms with Crippen LogP contribution < -0.4 is 5.32 Å². The van der Waals surface area contributed by atoms with Crippen molar-refractivity contribution in [2.75, 3.05) is 39.3 Å². The van der Waals surface area contributed by atoms with E-state index in [-0.39, 0.29) is 11.8 Å². The van der Waals surface area contributed by atoms with Gasteiger partial charge >= 0.3 is 0 Å². The molecular weight excluding hydrogens is 426 g/mol. The molecule has 0 unspecified atom stereocenters. The summed E-state index contributed by atoms with van der Waals surface area (Å²) in [4.78, 5) is 30.5. The zero-order chi connectivity index (χ0) is 19.2. The third-order valence-electron chi connectivity index (χ3n) is 4.54. The lowest BCUT2D eigenvalue weighted by Gasteiger charge is -2.34. The first kappa shape index (κ1) is 20.0. The van der Waals surface area contributed by atoms with Gasteiger partial charge in [-0.15, -0.1) is 11.3 Å². The molecule has 7 heteroatoms. The lowest BCUT2D eigenvalue weighted by Crippen LogP contribution is -2.51. The Morgan fingerprint density at radius 1 is 1.07 bits per heavy atom. The van der Waals surface area contributed by atoms with Crippen molar-refractivity contribution in [3.8, 4) is 10.4 Å². The van der Waals surface area contributed by atoms with E-state index in [1.165, 1.54) is 11.3 Å². The van der Waals surface area contributed by atoms with Crippen LogP contribution in [-0.2, 0) is 4.79 Å². The monoisotopic (exact) mass is 449 g/mol. The van der Waals surface area contributed by atoms with Crippen LogP contribution in [0.5, 0.6) is 0 Å². The van der Waals surface area contributed by atoms with Crippen molar-refractivity contribution < 1.29 is 9.59 Å². The van der Waals surface area contributed by atoms with Crippen LogP contribution in [0.15, 0.2) is 40.9 Å². The molecule has 1 N–H and O–H groups in total. The van der Waals surface area contributed by atoms with Crippen LogP contribution in [0.3, 0.4) is 0 Å². The molecule has 0 radical (unpaired) electrons. The molecule has 2 amide bonds. The molecule has 0 aliphatic carbocycles. The maximum absolute atomic E-state index is 12.8. The van der Waals surface area contributed by atoms with Crippen LogP contribution in [0, 0.1) is 0 Å². The van der Waals surface area contributed by atoms with E-state index in [2.05, 4.69) is 26.1 Å². The summed E-state index contributed by atoms with van der Waals surface area (Å²) in [6.45, 7) is 5.95. The standard InChI is InChI=1S/C20H24BrN3O2S/c1-2-9-22-19(25)14-23-10-12-24(13-11-23)20(26)18-8-7-17(27-18)15-3-5-16(21)6-4-15/h3-8H,2,9-14H2,1H3,(H,22,25). The van der Waals surface area contributed by atoms with E-state index >= 15 is 0 Å². The minimum atomic E-state index is 0.0639. The molecule has 1 aliphatic rings. The van der Waals surface area contributed by atoms with Crippen LogP contribution in [0.4, 0.5) is 0 Å². The molecule has 0 atom stereocenters. The van der Waals surface area contributed by atoms with Gasteiger partial charge in [0.15, 0.2) is 0 Å². The van der Waals surface area contributed by atoms with Crippen LogP contribution in [0.2, 0.25) is 0 Å². The van der Waals surface area contributed by atoms with Crippen molar-refractivity contribution >= 4 is 39.1 Å². The fourth-order valence-corrected chi connectivity index (χ4v) is 4.25. The Hall–Kier alpha value is -1.70. The van der Waals surface area contributed by atoms with Gasteiger partial charge < -0.3 is 10.2 Å². The van der Waals surface area contributed by atoms with Crippen molar-refractivity contribution in [3.05, 3.63) is 45.7 Å². The highest BCUT2D eigenvalue weighted by molar-refractivity contribution is 9.10. The number of nitrogens with zero attached hydrogens (tertiary/aromatic N) is 2. The van der Waals surface area contributed by atoms with Crippen LogP contribution in [-0.4, -0.2) is 60.9 Å². The second-order valence-corrected chi connectivity index (χ2v) is 8.59. The summed E-state index contributed by atoms with van der Waals surface area (Å²) < 4.78 is 1.04. The number of halogens is 1. The summed E-state index contributed by atoms with van der Waals surface area (Å²) in [6, 6.07) is 12.0. The van der Waals surface area contributed by atoms with Gasteiger partial charge in [-0.2, -0.15) is 0 Å². The molecule has 1 aromatic heterocycles. The predicted molar refractivity (Wildman–Crippen MR) is 113 cm³/mol. The second-order valence-electron chi connectivity index (χ2n) is 6.59. The third kappa shape index (κ3) is 5.40. The number of nitrogens with one attached hydrogen (secondary N) is 1. The molecule has 2 heterocycles. The highest BCUT2D eigenvalue weighted by atomic mass is 79.9. The van der Waals surface area contributed by atoms with Crippen LogP contribution in [0.25, 0.3) is 10.4 Å². The van der Waals surface area contributed by atoms with Gasteiger partial charge in [0.1, 0.15) is 0 Å². The molecule has 1 aliphatic heterocycles. The largest absolute Gasteiger partial charge is 0.355 e. The number of benzene rings is 1. The Bertz CT molecular complexity index is 783. The van der Waals surface area contributed by atoms with E-state index in [1.807, 2.05) is 48.2 Å². The molecule has 2 aromatic rings. The summed E-state index contributed by atoms with van der Waals surface area (Å²) in [5.74, 6) is 0.146. The van der Waals surface area contributed by atoms with Gasteiger partial charge in [-0.05, 0) is 36.2 Å². The second kappa shape index (κ2) is 9.48. The first-order valence-electron chi connectivity index (χ1n) is 9.21. The fraction of sp³-hybridized carbons (Fsp3) is 0.400. The van der Waals surface area contributed by atoms with Gasteiger partial charge in [0.05, 0.1) is 11.4 Å². The first-order valence-corrected chi connectivity index (χ1v) is 10.8. The Balaban J connectivity index is 1.54. The first-order chi connectivity index (χ1) is 13.1. The maximum Gasteiger partial charge on any atom is 0.264 e. The third-order valence-corrected chi connectivity index (χ3v) is 6.20. The van der Waals surface area contributed by atoms with Crippen molar-refractivity contribution in [1.29, 1.82) is 0 Å². The van der Waals surface area contributed by atoms with Crippen molar-refractivity contribution in [3.63, 3.8) is 0 Å². The van der Waals surface area contributed by atoms with Crippen molar-refractivity contribution in [2.45, 2.75) is 13.3 Å².